The minimum Gasteiger partial charge on any atom is -0.384 e. The van der Waals surface area contributed by atoms with E-state index in [4.69, 9.17) is 0 Å². The molecule has 0 saturated heterocycles. The van der Waals surface area contributed by atoms with E-state index in [1.54, 1.807) is 10.7 Å². The predicted octanol–water partition coefficient (Wildman–Crippen LogP) is 2.57. The maximum absolute atomic E-state index is 13.3. The first-order valence-electron chi connectivity index (χ1n) is 5.86. The van der Waals surface area contributed by atoms with Crippen LogP contribution < -0.4 is 0 Å². The van der Waals surface area contributed by atoms with Gasteiger partial charge >= 0.3 is 0 Å². The number of aliphatic hydroxyl groups is 1. The third kappa shape index (κ3) is 2.04. The molecule has 0 aliphatic carbocycles. The van der Waals surface area contributed by atoms with Gasteiger partial charge in [-0.05, 0) is 44.0 Å². The molecule has 0 bridgehead atoms. The standard InChI is InChI=1S/C14H17FN2O/c1-8-5-6-11(15)7-12(8)14(18)13-9(2)16-17(4)10(13)3/h5-7,14,18H,1-4H3. The average Bonchev–Trinajstić information content (AvgIpc) is 2.56. The second-order valence-corrected chi connectivity index (χ2v) is 4.61. The summed E-state index contributed by atoms with van der Waals surface area (Å²) in [4.78, 5) is 0. The molecule has 0 aliphatic heterocycles. The minimum atomic E-state index is -0.839. The minimum absolute atomic E-state index is 0.339. The van der Waals surface area contributed by atoms with Crippen LogP contribution in [0.15, 0.2) is 18.2 Å². The molecule has 18 heavy (non-hydrogen) atoms. The summed E-state index contributed by atoms with van der Waals surface area (Å²) in [5, 5.41) is 14.7. The summed E-state index contributed by atoms with van der Waals surface area (Å²) in [5.41, 5.74) is 3.88. The van der Waals surface area contributed by atoms with E-state index in [1.807, 2.05) is 27.8 Å². The fourth-order valence-electron chi connectivity index (χ4n) is 2.25. The van der Waals surface area contributed by atoms with Crippen LogP contribution in [-0.2, 0) is 7.05 Å². The normalized spacial score (nSPS) is 12.8. The Morgan fingerprint density at radius 1 is 1.28 bits per heavy atom. The van der Waals surface area contributed by atoms with Crippen LogP contribution in [0.1, 0.15) is 34.2 Å². The van der Waals surface area contributed by atoms with Gasteiger partial charge in [-0.2, -0.15) is 5.10 Å². The summed E-state index contributed by atoms with van der Waals surface area (Å²) in [6.07, 6.45) is -0.839. The van der Waals surface area contributed by atoms with Crippen molar-refractivity contribution in [1.82, 2.24) is 9.78 Å². The van der Waals surface area contributed by atoms with E-state index in [-0.39, 0.29) is 5.82 Å². The van der Waals surface area contributed by atoms with Gasteiger partial charge in [-0.15, -0.1) is 0 Å². The summed E-state index contributed by atoms with van der Waals surface area (Å²) in [5.74, 6) is -0.339. The van der Waals surface area contributed by atoms with Crippen LogP contribution in [0.4, 0.5) is 4.39 Å². The van der Waals surface area contributed by atoms with Crippen LogP contribution in [-0.4, -0.2) is 14.9 Å². The van der Waals surface area contributed by atoms with E-state index in [0.717, 1.165) is 22.5 Å². The van der Waals surface area contributed by atoms with Gasteiger partial charge in [0, 0.05) is 18.3 Å². The van der Waals surface area contributed by atoms with Crippen LogP contribution in [0.3, 0.4) is 0 Å². The molecule has 0 radical (unpaired) electrons. The molecule has 0 fully saturated rings. The molecule has 3 nitrogen and oxygen atoms in total. The number of rotatable bonds is 2. The SMILES string of the molecule is Cc1ccc(F)cc1C(O)c1c(C)nn(C)c1C. The zero-order chi connectivity index (χ0) is 13.4. The average molecular weight is 248 g/mol. The van der Waals surface area contributed by atoms with Crippen molar-refractivity contribution in [3.8, 4) is 0 Å². The molecule has 1 heterocycles. The van der Waals surface area contributed by atoms with Gasteiger partial charge in [-0.3, -0.25) is 4.68 Å². The summed E-state index contributed by atoms with van der Waals surface area (Å²) >= 11 is 0. The highest BCUT2D eigenvalue weighted by Crippen LogP contribution is 2.29. The number of hydrogen-bond acceptors (Lipinski definition) is 2. The molecular weight excluding hydrogens is 231 g/mol. The number of halogens is 1. The van der Waals surface area contributed by atoms with E-state index < -0.39 is 6.10 Å². The smallest absolute Gasteiger partial charge is 0.123 e. The molecule has 2 rings (SSSR count). The first-order chi connectivity index (χ1) is 8.41. The molecule has 0 aliphatic rings. The van der Waals surface area contributed by atoms with Gasteiger partial charge in [0.15, 0.2) is 0 Å². The number of aryl methyl sites for hydroxylation is 3. The second-order valence-electron chi connectivity index (χ2n) is 4.61. The van der Waals surface area contributed by atoms with Crippen LogP contribution in [0.25, 0.3) is 0 Å². The molecule has 1 unspecified atom stereocenters. The number of nitrogens with zero attached hydrogens (tertiary/aromatic N) is 2. The fourth-order valence-corrected chi connectivity index (χ4v) is 2.25. The topological polar surface area (TPSA) is 38.1 Å². The summed E-state index contributed by atoms with van der Waals surface area (Å²) < 4.78 is 15.0. The Hall–Kier alpha value is -1.68. The van der Waals surface area contributed by atoms with Gasteiger partial charge in [-0.1, -0.05) is 6.07 Å². The van der Waals surface area contributed by atoms with Gasteiger partial charge in [-0.25, -0.2) is 4.39 Å². The van der Waals surface area contributed by atoms with Crippen LogP contribution in [0.2, 0.25) is 0 Å². The molecule has 1 N–H and O–H groups in total. The van der Waals surface area contributed by atoms with E-state index >= 15 is 0 Å². The molecule has 4 heteroatoms. The van der Waals surface area contributed by atoms with Crippen LogP contribution in [0.5, 0.6) is 0 Å². The summed E-state index contributed by atoms with van der Waals surface area (Å²) in [6.45, 7) is 5.60. The first-order valence-corrected chi connectivity index (χ1v) is 5.86. The molecule has 0 saturated carbocycles. The lowest BCUT2D eigenvalue weighted by Gasteiger charge is -2.14. The highest BCUT2D eigenvalue weighted by molar-refractivity contribution is 5.39. The quantitative estimate of drug-likeness (QED) is 0.887. The Balaban J connectivity index is 2.54. The Labute approximate surface area is 106 Å². The maximum Gasteiger partial charge on any atom is 0.123 e. The lowest BCUT2D eigenvalue weighted by atomic mass is 9.96. The molecule has 0 spiro atoms. The third-order valence-corrected chi connectivity index (χ3v) is 3.37. The monoisotopic (exact) mass is 248 g/mol. The lowest BCUT2D eigenvalue weighted by molar-refractivity contribution is 0.217. The Bertz CT molecular complexity index is 590. The molecule has 96 valence electrons. The number of aromatic nitrogens is 2. The molecular formula is C14H17FN2O. The number of benzene rings is 1. The van der Waals surface area contributed by atoms with Crippen LogP contribution >= 0.6 is 0 Å². The van der Waals surface area contributed by atoms with Gasteiger partial charge in [0.25, 0.3) is 0 Å². The lowest BCUT2D eigenvalue weighted by Crippen LogP contribution is -2.05. The fraction of sp³-hybridized carbons (Fsp3) is 0.357. The van der Waals surface area contributed by atoms with Crippen molar-refractivity contribution in [2.24, 2.45) is 7.05 Å². The molecule has 0 amide bonds. The van der Waals surface area contributed by atoms with Crippen LogP contribution in [0, 0.1) is 26.6 Å². The molecule has 1 atom stereocenters. The Morgan fingerprint density at radius 2 is 1.94 bits per heavy atom. The molecule has 2 aromatic rings. The van der Waals surface area contributed by atoms with Crippen molar-refractivity contribution >= 4 is 0 Å². The van der Waals surface area contributed by atoms with E-state index in [9.17, 15) is 9.50 Å². The zero-order valence-corrected chi connectivity index (χ0v) is 11.0. The highest BCUT2D eigenvalue weighted by atomic mass is 19.1. The summed E-state index contributed by atoms with van der Waals surface area (Å²) in [6, 6.07) is 4.45. The van der Waals surface area contributed by atoms with Gasteiger partial charge in [0.2, 0.25) is 0 Å². The largest absolute Gasteiger partial charge is 0.384 e. The molecule has 1 aromatic heterocycles. The van der Waals surface area contributed by atoms with Crippen molar-refractivity contribution in [3.63, 3.8) is 0 Å². The Kier molecular flexibility index (Phi) is 3.22. The Morgan fingerprint density at radius 3 is 2.50 bits per heavy atom. The van der Waals surface area contributed by atoms with Crippen molar-refractivity contribution in [3.05, 3.63) is 52.1 Å². The van der Waals surface area contributed by atoms with Gasteiger partial charge in [0.05, 0.1) is 5.69 Å². The zero-order valence-electron chi connectivity index (χ0n) is 11.0. The highest BCUT2D eigenvalue weighted by Gasteiger charge is 2.21. The van der Waals surface area contributed by atoms with Crippen molar-refractivity contribution < 1.29 is 9.50 Å². The predicted molar refractivity (Wildman–Crippen MR) is 67.9 cm³/mol. The van der Waals surface area contributed by atoms with Crippen molar-refractivity contribution in [2.45, 2.75) is 26.9 Å². The number of aliphatic hydroxyl groups excluding tert-OH is 1. The number of hydrogen-bond donors (Lipinski definition) is 1. The first kappa shape index (κ1) is 12.8. The molecule has 1 aromatic carbocycles. The third-order valence-electron chi connectivity index (χ3n) is 3.37. The van der Waals surface area contributed by atoms with E-state index in [2.05, 4.69) is 5.10 Å². The van der Waals surface area contributed by atoms with E-state index in [1.165, 1.54) is 12.1 Å². The van der Waals surface area contributed by atoms with Gasteiger partial charge < -0.3 is 5.11 Å². The second kappa shape index (κ2) is 4.53. The van der Waals surface area contributed by atoms with Crippen molar-refractivity contribution in [2.75, 3.05) is 0 Å². The van der Waals surface area contributed by atoms with Crippen molar-refractivity contribution in [1.29, 1.82) is 0 Å². The summed E-state index contributed by atoms with van der Waals surface area (Å²) in [7, 11) is 1.83. The van der Waals surface area contributed by atoms with Gasteiger partial charge in [0.1, 0.15) is 11.9 Å². The van der Waals surface area contributed by atoms with E-state index in [0.29, 0.717) is 5.56 Å². The maximum atomic E-state index is 13.3.